The molecule has 1 aromatic heterocycles. The first-order valence-corrected chi connectivity index (χ1v) is 8.96. The van der Waals surface area contributed by atoms with Gasteiger partial charge in [0.1, 0.15) is 5.69 Å². The molecule has 0 aliphatic carbocycles. The molecule has 0 fully saturated rings. The number of carbonyl (C=O) groups is 2. The Labute approximate surface area is 162 Å². The maximum atomic E-state index is 12.8. The third-order valence-corrected chi connectivity index (χ3v) is 5.08. The van der Waals surface area contributed by atoms with Crippen molar-refractivity contribution in [3.63, 3.8) is 0 Å². The van der Waals surface area contributed by atoms with Crippen molar-refractivity contribution in [1.82, 2.24) is 9.88 Å². The lowest BCUT2D eigenvalue weighted by atomic mass is 10.0. The summed E-state index contributed by atoms with van der Waals surface area (Å²) in [5.41, 5.74) is 3.73. The zero-order valence-electron chi connectivity index (χ0n) is 16.0. The van der Waals surface area contributed by atoms with Crippen LogP contribution in [0.1, 0.15) is 26.4 Å². The van der Waals surface area contributed by atoms with Crippen LogP contribution in [0.4, 0.5) is 5.69 Å². The lowest BCUT2D eigenvalue weighted by Crippen LogP contribution is -2.32. The second kappa shape index (κ2) is 6.92. The molecular weight excluding hydrogens is 358 g/mol. The quantitative estimate of drug-likeness (QED) is 0.730. The highest BCUT2D eigenvalue weighted by Gasteiger charge is 2.24. The normalized spacial score (nSPS) is 13.0. The number of nitrogens with one attached hydrogen (secondary N) is 2. The number of nitrogens with zero attached hydrogens (tertiary/aromatic N) is 1. The number of carbonyl (C=O) groups excluding carboxylic acids is 2. The number of methoxy groups -OCH3 is 2. The minimum Gasteiger partial charge on any atom is -0.493 e. The van der Waals surface area contributed by atoms with Gasteiger partial charge in [-0.25, -0.2) is 0 Å². The van der Waals surface area contributed by atoms with E-state index in [0.717, 1.165) is 22.9 Å². The van der Waals surface area contributed by atoms with E-state index in [9.17, 15) is 9.59 Å². The van der Waals surface area contributed by atoms with Crippen molar-refractivity contribution < 1.29 is 19.1 Å². The molecule has 0 spiro atoms. The Kier molecular flexibility index (Phi) is 4.43. The van der Waals surface area contributed by atoms with E-state index >= 15 is 0 Å². The second-order valence-electron chi connectivity index (χ2n) is 6.65. The summed E-state index contributed by atoms with van der Waals surface area (Å²) < 4.78 is 12.4. The van der Waals surface area contributed by atoms with Gasteiger partial charge in [0, 0.05) is 41.8 Å². The summed E-state index contributed by atoms with van der Waals surface area (Å²) in [6.07, 6.45) is 0.749. The highest BCUT2D eigenvalue weighted by Crippen LogP contribution is 2.31. The van der Waals surface area contributed by atoms with Gasteiger partial charge in [0.25, 0.3) is 11.8 Å². The molecule has 0 saturated carbocycles. The molecule has 7 heteroatoms. The highest BCUT2D eigenvalue weighted by molar-refractivity contribution is 6.08. The van der Waals surface area contributed by atoms with Crippen LogP contribution in [-0.4, -0.2) is 37.1 Å². The molecule has 0 unspecified atom stereocenters. The number of amides is 2. The first-order chi connectivity index (χ1) is 13.5. The fourth-order valence-corrected chi connectivity index (χ4v) is 3.71. The topological polar surface area (TPSA) is 81.6 Å². The van der Waals surface area contributed by atoms with Crippen LogP contribution in [0.3, 0.4) is 0 Å². The van der Waals surface area contributed by atoms with Crippen molar-refractivity contribution in [2.24, 2.45) is 7.05 Å². The molecule has 144 valence electrons. The number of rotatable bonds is 4. The number of hydrogen-bond acceptors (Lipinski definition) is 4. The summed E-state index contributed by atoms with van der Waals surface area (Å²) in [5.74, 6) is 0.832. The van der Waals surface area contributed by atoms with E-state index in [4.69, 9.17) is 9.47 Å². The third-order valence-electron chi connectivity index (χ3n) is 5.08. The number of anilines is 1. The van der Waals surface area contributed by atoms with E-state index in [2.05, 4.69) is 10.6 Å². The molecule has 2 N–H and O–H groups in total. The zero-order valence-corrected chi connectivity index (χ0v) is 16.0. The Hall–Kier alpha value is -3.48. The molecule has 0 atom stereocenters. The van der Waals surface area contributed by atoms with Crippen molar-refractivity contribution in [3.05, 3.63) is 53.2 Å². The van der Waals surface area contributed by atoms with Gasteiger partial charge in [0.2, 0.25) is 0 Å². The smallest absolute Gasteiger partial charge is 0.268 e. The summed E-state index contributed by atoms with van der Waals surface area (Å²) in [5, 5.41) is 6.69. The number of ether oxygens (including phenoxy) is 2. The molecule has 28 heavy (non-hydrogen) atoms. The predicted octanol–water partition coefficient (Wildman–Crippen LogP) is 2.73. The highest BCUT2D eigenvalue weighted by atomic mass is 16.5. The molecule has 2 heterocycles. The molecule has 0 bridgehead atoms. The summed E-state index contributed by atoms with van der Waals surface area (Å²) in [7, 11) is 4.98. The molecule has 7 nitrogen and oxygen atoms in total. The van der Waals surface area contributed by atoms with Gasteiger partial charge in [-0.1, -0.05) is 0 Å². The zero-order chi connectivity index (χ0) is 19.8. The predicted molar refractivity (Wildman–Crippen MR) is 106 cm³/mol. The van der Waals surface area contributed by atoms with Crippen LogP contribution in [0.2, 0.25) is 0 Å². The van der Waals surface area contributed by atoms with Gasteiger partial charge in [0.15, 0.2) is 11.5 Å². The Morgan fingerprint density at radius 1 is 1.11 bits per heavy atom. The lowest BCUT2D eigenvalue weighted by molar-refractivity contribution is 0.0937. The van der Waals surface area contributed by atoms with Gasteiger partial charge < -0.3 is 24.7 Å². The van der Waals surface area contributed by atoms with Crippen LogP contribution in [-0.2, 0) is 13.5 Å². The number of benzene rings is 2. The fraction of sp³-hybridized carbons (Fsp3) is 0.238. The Balaban J connectivity index is 1.68. The minimum absolute atomic E-state index is 0.0729. The van der Waals surface area contributed by atoms with Gasteiger partial charge in [-0.3, -0.25) is 9.59 Å². The molecule has 1 aliphatic rings. The van der Waals surface area contributed by atoms with E-state index < -0.39 is 0 Å². The van der Waals surface area contributed by atoms with Gasteiger partial charge in [-0.2, -0.15) is 0 Å². The number of aromatic nitrogens is 1. The lowest BCUT2D eigenvalue weighted by Gasteiger charge is -2.14. The summed E-state index contributed by atoms with van der Waals surface area (Å²) >= 11 is 0. The summed E-state index contributed by atoms with van der Waals surface area (Å²) in [6.45, 7) is 0.604. The maximum Gasteiger partial charge on any atom is 0.268 e. The largest absolute Gasteiger partial charge is 0.493 e. The first kappa shape index (κ1) is 17.9. The van der Waals surface area contributed by atoms with Crippen LogP contribution < -0.4 is 20.1 Å². The Morgan fingerprint density at radius 3 is 2.64 bits per heavy atom. The van der Waals surface area contributed by atoms with Gasteiger partial charge in [-0.05, 0) is 42.3 Å². The van der Waals surface area contributed by atoms with Gasteiger partial charge in [-0.15, -0.1) is 0 Å². The fourth-order valence-electron chi connectivity index (χ4n) is 3.71. The van der Waals surface area contributed by atoms with Crippen molar-refractivity contribution in [2.75, 3.05) is 26.1 Å². The van der Waals surface area contributed by atoms with Crippen LogP contribution in [0.15, 0.2) is 36.4 Å². The standard InChI is InChI=1S/C21H21N3O4/c1-24-16-6-4-12(10-15(16)14-8-9-22-21(26)19(14)24)20(25)23-13-5-7-17(27-2)18(11-13)28-3/h4-7,10-11H,8-9H2,1-3H3,(H,22,26)(H,23,25). The molecular formula is C21H21N3O4. The molecule has 4 rings (SSSR count). The van der Waals surface area contributed by atoms with E-state index in [1.807, 2.05) is 23.7 Å². The first-order valence-electron chi connectivity index (χ1n) is 8.96. The number of hydrogen-bond donors (Lipinski definition) is 2. The third kappa shape index (κ3) is 2.85. The van der Waals surface area contributed by atoms with E-state index in [1.165, 1.54) is 0 Å². The van der Waals surface area contributed by atoms with Crippen molar-refractivity contribution in [2.45, 2.75) is 6.42 Å². The summed E-state index contributed by atoms with van der Waals surface area (Å²) in [6, 6.07) is 10.7. The van der Waals surface area contributed by atoms with Gasteiger partial charge >= 0.3 is 0 Å². The molecule has 0 radical (unpaired) electrons. The number of fused-ring (bicyclic) bond motifs is 3. The van der Waals surface area contributed by atoms with Crippen LogP contribution in [0.25, 0.3) is 10.9 Å². The molecule has 1 aliphatic heterocycles. The minimum atomic E-state index is -0.230. The SMILES string of the molecule is COc1ccc(NC(=O)c2ccc3c(c2)c2c(n3C)C(=O)NCC2)cc1OC. The van der Waals surface area contributed by atoms with Gasteiger partial charge in [0.05, 0.1) is 14.2 Å². The van der Waals surface area contributed by atoms with Crippen molar-refractivity contribution in [3.8, 4) is 11.5 Å². The van der Waals surface area contributed by atoms with E-state index in [0.29, 0.717) is 35.0 Å². The van der Waals surface area contributed by atoms with Crippen molar-refractivity contribution >= 4 is 28.4 Å². The van der Waals surface area contributed by atoms with Crippen LogP contribution in [0.5, 0.6) is 11.5 Å². The van der Waals surface area contributed by atoms with Crippen molar-refractivity contribution in [1.29, 1.82) is 0 Å². The maximum absolute atomic E-state index is 12.8. The summed E-state index contributed by atoms with van der Waals surface area (Å²) in [4.78, 5) is 25.0. The number of aryl methyl sites for hydroxylation is 1. The molecule has 3 aromatic rings. The average Bonchev–Trinajstić information content (AvgIpc) is 3.00. The Morgan fingerprint density at radius 2 is 1.89 bits per heavy atom. The van der Waals surface area contributed by atoms with Crippen LogP contribution >= 0.6 is 0 Å². The van der Waals surface area contributed by atoms with E-state index in [1.54, 1.807) is 38.5 Å². The molecule has 0 saturated heterocycles. The molecule has 2 aromatic carbocycles. The van der Waals surface area contributed by atoms with Crippen LogP contribution in [0, 0.1) is 0 Å². The second-order valence-corrected chi connectivity index (χ2v) is 6.65. The monoisotopic (exact) mass is 379 g/mol. The van der Waals surface area contributed by atoms with E-state index in [-0.39, 0.29) is 11.8 Å². The average molecular weight is 379 g/mol. The molecule has 2 amide bonds. The Bertz CT molecular complexity index is 1100.